The zero-order valence-corrected chi connectivity index (χ0v) is 14.1. The van der Waals surface area contributed by atoms with Gasteiger partial charge in [0, 0.05) is 16.0 Å². The van der Waals surface area contributed by atoms with Crippen LogP contribution in [0.15, 0.2) is 45.8 Å². The molecule has 0 fully saturated rings. The van der Waals surface area contributed by atoms with Gasteiger partial charge in [0.05, 0.1) is 6.42 Å². The molecular formula is C18H15N3O2S. The number of benzene rings is 2. The average Bonchev–Trinajstić information content (AvgIpc) is 2.92. The Kier molecular flexibility index (Phi) is 4.54. The van der Waals surface area contributed by atoms with Crippen LogP contribution in [-0.4, -0.2) is 11.1 Å². The van der Waals surface area contributed by atoms with Crippen molar-refractivity contribution in [2.45, 2.75) is 25.2 Å². The van der Waals surface area contributed by atoms with E-state index in [-0.39, 0.29) is 12.3 Å². The molecule has 3 aromatic rings. The number of amides is 1. The normalized spacial score (nSPS) is 10.5. The molecule has 1 heterocycles. The molecule has 0 atom stereocenters. The standard InChI is InChI=1S/C18H15N3O2S/c1-11-7-15-16(21-23-17(15)8-12(11)2)9-18(22)20-13-3-5-14(6-4-13)24-10-19/h3-8H,9H2,1-2H3,(H,20,22). The summed E-state index contributed by atoms with van der Waals surface area (Å²) in [5.74, 6) is -0.163. The number of nitrogens with one attached hydrogen (secondary N) is 1. The predicted molar refractivity (Wildman–Crippen MR) is 93.7 cm³/mol. The summed E-state index contributed by atoms with van der Waals surface area (Å²) in [4.78, 5) is 13.1. The van der Waals surface area contributed by atoms with Gasteiger partial charge in [-0.15, -0.1) is 0 Å². The van der Waals surface area contributed by atoms with Crippen molar-refractivity contribution in [3.8, 4) is 5.40 Å². The second-order valence-corrected chi connectivity index (χ2v) is 6.36. The molecule has 1 N–H and O–H groups in total. The lowest BCUT2D eigenvalue weighted by atomic mass is 10.1. The Morgan fingerprint density at radius 1 is 1.25 bits per heavy atom. The minimum absolute atomic E-state index is 0.143. The van der Waals surface area contributed by atoms with E-state index in [0.29, 0.717) is 17.0 Å². The van der Waals surface area contributed by atoms with Gasteiger partial charge in [-0.3, -0.25) is 4.79 Å². The van der Waals surface area contributed by atoms with Gasteiger partial charge in [-0.25, -0.2) is 0 Å². The van der Waals surface area contributed by atoms with Gasteiger partial charge in [0.15, 0.2) is 5.58 Å². The molecule has 1 aromatic heterocycles. The Morgan fingerprint density at radius 3 is 2.67 bits per heavy atom. The molecule has 0 bridgehead atoms. The van der Waals surface area contributed by atoms with Crippen LogP contribution in [-0.2, 0) is 11.2 Å². The van der Waals surface area contributed by atoms with Gasteiger partial charge in [0.25, 0.3) is 0 Å². The molecule has 1 amide bonds. The van der Waals surface area contributed by atoms with Crippen LogP contribution in [0, 0.1) is 24.5 Å². The van der Waals surface area contributed by atoms with Crippen molar-refractivity contribution in [3.63, 3.8) is 0 Å². The SMILES string of the molecule is Cc1cc2onc(CC(=O)Nc3ccc(SC#N)cc3)c2cc1C. The highest BCUT2D eigenvalue weighted by Crippen LogP contribution is 2.23. The Balaban J connectivity index is 1.73. The fourth-order valence-corrected chi connectivity index (χ4v) is 2.77. The lowest BCUT2D eigenvalue weighted by Crippen LogP contribution is -2.14. The molecule has 6 heteroatoms. The maximum absolute atomic E-state index is 12.2. The van der Waals surface area contributed by atoms with Gasteiger partial charge in [0.1, 0.15) is 11.1 Å². The predicted octanol–water partition coefficient (Wildman–Crippen LogP) is 4.20. The summed E-state index contributed by atoms with van der Waals surface area (Å²) < 4.78 is 5.32. The lowest BCUT2D eigenvalue weighted by molar-refractivity contribution is -0.115. The van der Waals surface area contributed by atoms with Crippen LogP contribution in [0.25, 0.3) is 11.0 Å². The molecule has 0 aliphatic carbocycles. The second kappa shape index (κ2) is 6.77. The van der Waals surface area contributed by atoms with E-state index in [4.69, 9.17) is 9.78 Å². The summed E-state index contributed by atoms with van der Waals surface area (Å²) in [6, 6.07) is 11.1. The summed E-state index contributed by atoms with van der Waals surface area (Å²) in [7, 11) is 0. The molecule has 24 heavy (non-hydrogen) atoms. The van der Waals surface area contributed by atoms with Gasteiger partial charge in [-0.2, -0.15) is 5.26 Å². The average molecular weight is 337 g/mol. The first-order chi connectivity index (χ1) is 11.6. The van der Waals surface area contributed by atoms with Crippen molar-refractivity contribution < 1.29 is 9.32 Å². The van der Waals surface area contributed by atoms with E-state index >= 15 is 0 Å². The summed E-state index contributed by atoms with van der Waals surface area (Å²) in [5, 5.41) is 18.4. The van der Waals surface area contributed by atoms with Crippen LogP contribution in [0.3, 0.4) is 0 Å². The Bertz CT molecular complexity index is 939. The van der Waals surface area contributed by atoms with Gasteiger partial charge >= 0.3 is 0 Å². The number of aromatic nitrogens is 1. The van der Waals surface area contributed by atoms with Crippen molar-refractivity contribution in [1.82, 2.24) is 5.16 Å². The maximum Gasteiger partial charge on any atom is 0.230 e. The van der Waals surface area contributed by atoms with Crippen molar-refractivity contribution in [3.05, 3.63) is 53.2 Å². The highest BCUT2D eigenvalue weighted by molar-refractivity contribution is 8.03. The third kappa shape index (κ3) is 3.42. The molecule has 0 saturated carbocycles. The molecular weight excluding hydrogens is 322 g/mol. The summed E-state index contributed by atoms with van der Waals surface area (Å²) in [6.45, 7) is 4.03. The zero-order valence-electron chi connectivity index (χ0n) is 13.3. The summed E-state index contributed by atoms with van der Waals surface area (Å²) in [5.41, 5.74) is 4.27. The number of nitrogens with zero attached hydrogens (tertiary/aromatic N) is 2. The molecule has 0 aliphatic rings. The smallest absolute Gasteiger partial charge is 0.230 e. The van der Waals surface area contributed by atoms with Crippen LogP contribution >= 0.6 is 11.8 Å². The number of fused-ring (bicyclic) bond motifs is 1. The lowest BCUT2D eigenvalue weighted by Gasteiger charge is -2.05. The van der Waals surface area contributed by atoms with Crippen molar-refractivity contribution in [2.75, 3.05) is 5.32 Å². The summed E-state index contributed by atoms with van der Waals surface area (Å²) in [6.07, 6.45) is 0.143. The molecule has 0 radical (unpaired) electrons. The number of carbonyl (C=O) groups is 1. The number of thiocyanates is 1. The first-order valence-electron chi connectivity index (χ1n) is 7.38. The third-order valence-corrected chi connectivity index (χ3v) is 4.39. The molecule has 5 nitrogen and oxygen atoms in total. The van der Waals surface area contributed by atoms with Crippen LogP contribution in [0.2, 0.25) is 0 Å². The largest absolute Gasteiger partial charge is 0.356 e. The van der Waals surface area contributed by atoms with Crippen molar-refractivity contribution in [1.29, 1.82) is 5.26 Å². The Labute approximate surface area is 143 Å². The number of anilines is 1. The monoisotopic (exact) mass is 337 g/mol. The van der Waals surface area contributed by atoms with Crippen LogP contribution in [0.5, 0.6) is 0 Å². The Morgan fingerprint density at radius 2 is 1.96 bits per heavy atom. The highest BCUT2D eigenvalue weighted by Gasteiger charge is 2.13. The number of nitriles is 1. The van der Waals surface area contributed by atoms with E-state index in [2.05, 4.69) is 10.5 Å². The van der Waals surface area contributed by atoms with E-state index < -0.39 is 0 Å². The topological polar surface area (TPSA) is 78.9 Å². The van der Waals surface area contributed by atoms with E-state index in [0.717, 1.165) is 33.2 Å². The number of hydrogen-bond donors (Lipinski definition) is 1. The quantitative estimate of drug-likeness (QED) is 0.570. The second-order valence-electron chi connectivity index (χ2n) is 5.50. The molecule has 0 unspecified atom stereocenters. The minimum atomic E-state index is -0.163. The van der Waals surface area contributed by atoms with Gasteiger partial charge in [-0.05, 0) is 73.1 Å². The zero-order chi connectivity index (χ0) is 17.1. The van der Waals surface area contributed by atoms with E-state index in [9.17, 15) is 4.79 Å². The molecule has 120 valence electrons. The number of carbonyl (C=O) groups excluding carboxylic acids is 1. The number of rotatable bonds is 4. The number of hydrogen-bond acceptors (Lipinski definition) is 5. The van der Waals surface area contributed by atoms with Crippen LogP contribution in [0.1, 0.15) is 16.8 Å². The fraction of sp³-hybridized carbons (Fsp3) is 0.167. The van der Waals surface area contributed by atoms with Crippen LogP contribution in [0.4, 0.5) is 5.69 Å². The van der Waals surface area contributed by atoms with E-state index in [1.165, 1.54) is 0 Å². The van der Waals surface area contributed by atoms with Crippen LogP contribution < -0.4 is 5.32 Å². The number of thioether (sulfide) groups is 1. The van der Waals surface area contributed by atoms with Crippen molar-refractivity contribution in [2.24, 2.45) is 0 Å². The van der Waals surface area contributed by atoms with E-state index in [1.807, 2.05) is 31.4 Å². The first-order valence-corrected chi connectivity index (χ1v) is 8.20. The molecule has 0 aliphatic heterocycles. The molecule has 3 rings (SSSR count). The van der Waals surface area contributed by atoms with Crippen molar-refractivity contribution >= 4 is 34.3 Å². The van der Waals surface area contributed by atoms with Gasteiger partial charge in [-0.1, -0.05) is 5.16 Å². The van der Waals surface area contributed by atoms with Gasteiger partial charge < -0.3 is 9.84 Å². The van der Waals surface area contributed by atoms with E-state index in [1.54, 1.807) is 24.3 Å². The third-order valence-electron chi connectivity index (χ3n) is 3.79. The molecule has 0 spiro atoms. The maximum atomic E-state index is 12.2. The Hall–Kier alpha value is -2.78. The minimum Gasteiger partial charge on any atom is -0.356 e. The number of aryl methyl sites for hydroxylation is 2. The molecule has 0 saturated heterocycles. The fourth-order valence-electron chi connectivity index (χ4n) is 2.39. The summed E-state index contributed by atoms with van der Waals surface area (Å²) >= 11 is 1.08. The van der Waals surface area contributed by atoms with Gasteiger partial charge in [0.2, 0.25) is 5.91 Å². The molecule has 2 aromatic carbocycles. The highest BCUT2D eigenvalue weighted by atomic mass is 32.2. The first kappa shape index (κ1) is 16.1.